The molecule has 3 aromatic rings. The molecule has 1 amide bonds. The molecule has 1 aromatic heterocycles. The summed E-state index contributed by atoms with van der Waals surface area (Å²) >= 11 is 0. The van der Waals surface area contributed by atoms with E-state index in [1.165, 1.54) is 5.56 Å². The molecule has 0 aliphatic carbocycles. The van der Waals surface area contributed by atoms with Crippen LogP contribution in [0.15, 0.2) is 73.1 Å². The molecule has 0 saturated carbocycles. The first-order valence-electron chi connectivity index (χ1n) is 9.24. The average molecular weight is 358 g/mol. The van der Waals surface area contributed by atoms with E-state index in [1.54, 1.807) is 12.4 Å². The summed E-state index contributed by atoms with van der Waals surface area (Å²) in [5.74, 6) is 0.837. The highest BCUT2D eigenvalue weighted by Gasteiger charge is 2.24. The number of benzene rings is 2. The van der Waals surface area contributed by atoms with Crippen LogP contribution in [0.2, 0.25) is 0 Å². The van der Waals surface area contributed by atoms with Crippen molar-refractivity contribution in [2.45, 2.75) is 6.42 Å². The Balaban J connectivity index is 1.46. The predicted octanol–water partition coefficient (Wildman–Crippen LogP) is 3.03. The normalized spacial score (nSPS) is 14.2. The first-order chi connectivity index (χ1) is 13.3. The van der Waals surface area contributed by atoms with Gasteiger partial charge in [0.2, 0.25) is 5.95 Å². The van der Waals surface area contributed by atoms with Gasteiger partial charge < -0.3 is 9.80 Å². The van der Waals surface area contributed by atoms with Gasteiger partial charge in [-0.15, -0.1) is 0 Å². The zero-order valence-corrected chi connectivity index (χ0v) is 15.2. The predicted molar refractivity (Wildman–Crippen MR) is 106 cm³/mol. The van der Waals surface area contributed by atoms with E-state index in [0.717, 1.165) is 36.6 Å². The number of carbonyl (C=O) groups is 1. The number of amides is 1. The number of hydrogen-bond donors (Lipinski definition) is 0. The van der Waals surface area contributed by atoms with E-state index in [4.69, 9.17) is 0 Å². The summed E-state index contributed by atoms with van der Waals surface area (Å²) in [6.45, 7) is 2.85. The summed E-state index contributed by atoms with van der Waals surface area (Å²) in [6.07, 6.45) is 4.26. The van der Waals surface area contributed by atoms with Gasteiger partial charge in [0.05, 0.1) is 0 Å². The van der Waals surface area contributed by atoms with Crippen molar-refractivity contribution in [3.8, 4) is 0 Å². The summed E-state index contributed by atoms with van der Waals surface area (Å²) in [5.41, 5.74) is 3.08. The van der Waals surface area contributed by atoms with Crippen molar-refractivity contribution >= 4 is 11.9 Å². The zero-order chi connectivity index (χ0) is 18.5. The third-order valence-electron chi connectivity index (χ3n) is 4.89. The summed E-state index contributed by atoms with van der Waals surface area (Å²) in [5, 5.41) is 0. The topological polar surface area (TPSA) is 49.3 Å². The molecule has 0 bridgehead atoms. The number of nitrogens with zero attached hydrogens (tertiary/aromatic N) is 4. The Morgan fingerprint density at radius 3 is 2.22 bits per heavy atom. The van der Waals surface area contributed by atoms with Gasteiger partial charge in [0.25, 0.3) is 5.91 Å². The second-order valence-electron chi connectivity index (χ2n) is 6.65. The Bertz CT molecular complexity index is 890. The molecular weight excluding hydrogens is 336 g/mol. The first-order valence-corrected chi connectivity index (χ1v) is 9.24. The highest BCUT2D eigenvalue weighted by Crippen LogP contribution is 2.18. The minimum absolute atomic E-state index is 0.107. The van der Waals surface area contributed by atoms with Crippen molar-refractivity contribution in [1.82, 2.24) is 14.9 Å². The quantitative estimate of drug-likeness (QED) is 0.719. The number of anilines is 1. The average Bonchev–Trinajstić information content (AvgIpc) is 2.75. The summed E-state index contributed by atoms with van der Waals surface area (Å²) < 4.78 is 0. The number of aromatic nitrogens is 2. The van der Waals surface area contributed by atoms with E-state index in [-0.39, 0.29) is 5.91 Å². The van der Waals surface area contributed by atoms with Crippen LogP contribution in [-0.2, 0) is 6.42 Å². The number of rotatable bonds is 4. The van der Waals surface area contributed by atoms with Crippen LogP contribution in [0.25, 0.3) is 0 Å². The molecule has 1 saturated heterocycles. The molecule has 0 unspecified atom stereocenters. The standard InChI is InChI=1S/C22H22N4O/c27-21(25-13-15-26(16-14-25)22-23-11-6-12-24-22)20-10-5-4-9-19(20)17-18-7-2-1-3-8-18/h1-12H,13-17H2. The molecule has 0 spiro atoms. The molecule has 1 aliphatic heterocycles. The maximum atomic E-state index is 13.1. The molecule has 1 aliphatic rings. The van der Waals surface area contributed by atoms with Gasteiger partial charge in [-0.25, -0.2) is 9.97 Å². The fourth-order valence-corrected chi connectivity index (χ4v) is 3.43. The Labute approximate surface area is 159 Å². The lowest BCUT2D eigenvalue weighted by Crippen LogP contribution is -2.49. The minimum Gasteiger partial charge on any atom is -0.337 e. The number of piperazine rings is 1. The summed E-state index contributed by atoms with van der Waals surface area (Å²) in [4.78, 5) is 25.8. The van der Waals surface area contributed by atoms with E-state index in [1.807, 2.05) is 53.4 Å². The van der Waals surface area contributed by atoms with Crippen LogP contribution in [0, 0.1) is 0 Å². The van der Waals surface area contributed by atoms with Gasteiger partial charge in [0.1, 0.15) is 0 Å². The molecule has 0 radical (unpaired) electrons. The molecule has 0 N–H and O–H groups in total. The van der Waals surface area contributed by atoms with E-state index >= 15 is 0 Å². The van der Waals surface area contributed by atoms with E-state index in [2.05, 4.69) is 27.0 Å². The maximum absolute atomic E-state index is 13.1. The van der Waals surface area contributed by atoms with Crippen molar-refractivity contribution in [3.63, 3.8) is 0 Å². The fourth-order valence-electron chi connectivity index (χ4n) is 3.43. The van der Waals surface area contributed by atoms with Crippen LogP contribution in [0.5, 0.6) is 0 Å². The Hall–Kier alpha value is -3.21. The van der Waals surface area contributed by atoms with Gasteiger partial charge in [-0.2, -0.15) is 0 Å². The number of carbonyl (C=O) groups excluding carboxylic acids is 1. The Morgan fingerprint density at radius 2 is 1.48 bits per heavy atom. The smallest absolute Gasteiger partial charge is 0.254 e. The lowest BCUT2D eigenvalue weighted by Gasteiger charge is -2.35. The fraction of sp³-hybridized carbons (Fsp3) is 0.227. The molecule has 2 heterocycles. The molecule has 2 aromatic carbocycles. The summed E-state index contributed by atoms with van der Waals surface area (Å²) in [6, 6.07) is 20.0. The maximum Gasteiger partial charge on any atom is 0.254 e. The van der Waals surface area contributed by atoms with E-state index in [0.29, 0.717) is 13.1 Å². The van der Waals surface area contributed by atoms with E-state index < -0.39 is 0 Å². The second-order valence-corrected chi connectivity index (χ2v) is 6.65. The molecule has 1 fully saturated rings. The van der Waals surface area contributed by atoms with Crippen LogP contribution in [0.4, 0.5) is 5.95 Å². The molecule has 0 atom stereocenters. The highest BCUT2D eigenvalue weighted by atomic mass is 16.2. The van der Waals surface area contributed by atoms with Crippen LogP contribution in [-0.4, -0.2) is 47.0 Å². The molecule has 4 rings (SSSR count). The lowest BCUT2D eigenvalue weighted by molar-refractivity contribution is 0.0745. The van der Waals surface area contributed by atoms with Crippen LogP contribution in [0.3, 0.4) is 0 Å². The minimum atomic E-state index is 0.107. The van der Waals surface area contributed by atoms with Crippen LogP contribution < -0.4 is 4.90 Å². The highest BCUT2D eigenvalue weighted by molar-refractivity contribution is 5.96. The molecule has 136 valence electrons. The van der Waals surface area contributed by atoms with Gasteiger partial charge >= 0.3 is 0 Å². The van der Waals surface area contributed by atoms with Crippen molar-refractivity contribution in [2.24, 2.45) is 0 Å². The SMILES string of the molecule is O=C(c1ccccc1Cc1ccccc1)N1CCN(c2ncccn2)CC1. The zero-order valence-electron chi connectivity index (χ0n) is 15.2. The monoisotopic (exact) mass is 358 g/mol. The summed E-state index contributed by atoms with van der Waals surface area (Å²) in [7, 11) is 0. The number of hydrogen-bond acceptors (Lipinski definition) is 4. The van der Waals surface area contributed by atoms with Gasteiger partial charge in [-0.05, 0) is 29.7 Å². The van der Waals surface area contributed by atoms with Gasteiger partial charge in [0.15, 0.2) is 0 Å². The molecule has 5 nitrogen and oxygen atoms in total. The molecule has 27 heavy (non-hydrogen) atoms. The Kier molecular flexibility index (Phi) is 5.10. The first kappa shape index (κ1) is 17.2. The van der Waals surface area contributed by atoms with Crippen molar-refractivity contribution in [2.75, 3.05) is 31.1 Å². The second kappa shape index (κ2) is 7.99. The molecule has 5 heteroatoms. The Morgan fingerprint density at radius 1 is 0.815 bits per heavy atom. The van der Waals surface area contributed by atoms with Crippen molar-refractivity contribution in [3.05, 3.63) is 89.7 Å². The third kappa shape index (κ3) is 3.97. The largest absolute Gasteiger partial charge is 0.337 e. The third-order valence-corrected chi connectivity index (χ3v) is 4.89. The van der Waals surface area contributed by atoms with Crippen LogP contribution in [0.1, 0.15) is 21.5 Å². The van der Waals surface area contributed by atoms with Crippen molar-refractivity contribution < 1.29 is 4.79 Å². The van der Waals surface area contributed by atoms with Gasteiger partial charge in [0, 0.05) is 44.1 Å². The van der Waals surface area contributed by atoms with E-state index in [9.17, 15) is 4.79 Å². The van der Waals surface area contributed by atoms with Crippen LogP contribution >= 0.6 is 0 Å². The lowest BCUT2D eigenvalue weighted by atomic mass is 9.99. The van der Waals surface area contributed by atoms with Gasteiger partial charge in [-0.1, -0.05) is 48.5 Å². The van der Waals surface area contributed by atoms with Crippen molar-refractivity contribution in [1.29, 1.82) is 0 Å². The van der Waals surface area contributed by atoms with Gasteiger partial charge in [-0.3, -0.25) is 4.79 Å². The molecular formula is C22H22N4O.